The van der Waals surface area contributed by atoms with Crippen LogP contribution in [-0.4, -0.2) is 55.6 Å². The van der Waals surface area contributed by atoms with Crippen molar-refractivity contribution in [2.75, 3.05) is 13.1 Å². The fourth-order valence-electron chi connectivity index (χ4n) is 1.89. The van der Waals surface area contributed by atoms with Gasteiger partial charge in [0, 0.05) is 24.2 Å². The molecule has 0 bridgehead atoms. The van der Waals surface area contributed by atoms with Crippen LogP contribution in [0.15, 0.2) is 24.3 Å². The molecule has 2 aromatic rings. The third kappa shape index (κ3) is 3.62. The summed E-state index contributed by atoms with van der Waals surface area (Å²) < 4.78 is 0. The van der Waals surface area contributed by atoms with Crippen LogP contribution in [0.2, 0.25) is 0 Å². The zero-order valence-corrected chi connectivity index (χ0v) is 11.5. The van der Waals surface area contributed by atoms with Crippen LogP contribution < -0.4 is 0 Å². The van der Waals surface area contributed by atoms with Gasteiger partial charge in [-0.15, -0.1) is 10.2 Å². The van der Waals surface area contributed by atoms with Crippen LogP contribution in [0.1, 0.15) is 23.7 Å². The molecule has 110 valence electrons. The lowest BCUT2D eigenvalue weighted by Crippen LogP contribution is -2.32. The number of nitrogens with zero attached hydrogens (tertiary/aromatic N) is 4. The summed E-state index contributed by atoms with van der Waals surface area (Å²) in [5, 5.41) is 22.3. The molecule has 1 aromatic heterocycles. The van der Waals surface area contributed by atoms with Gasteiger partial charge in [0.15, 0.2) is 0 Å². The minimum atomic E-state index is -0.929. The van der Waals surface area contributed by atoms with E-state index in [1.165, 1.54) is 4.90 Å². The van der Waals surface area contributed by atoms with Gasteiger partial charge in [-0.25, -0.2) is 0 Å². The zero-order chi connectivity index (χ0) is 15.2. The molecule has 8 nitrogen and oxygen atoms in total. The van der Waals surface area contributed by atoms with Gasteiger partial charge in [0.1, 0.15) is 0 Å². The van der Waals surface area contributed by atoms with Gasteiger partial charge in [0.2, 0.25) is 5.82 Å². The summed E-state index contributed by atoms with van der Waals surface area (Å²) in [7, 11) is 0. The number of hydrogen-bond acceptors (Lipinski definition) is 5. The molecule has 8 heteroatoms. The van der Waals surface area contributed by atoms with E-state index in [1.807, 2.05) is 6.92 Å². The Balaban J connectivity index is 2.18. The molecule has 0 fully saturated rings. The molecule has 0 atom stereocenters. The minimum absolute atomic E-state index is 0.0793. The highest BCUT2D eigenvalue weighted by Crippen LogP contribution is 2.16. The fraction of sp³-hybridized carbons (Fsp3) is 0.308. The summed E-state index contributed by atoms with van der Waals surface area (Å²) in [6.07, 6.45) is -0.0793. The summed E-state index contributed by atoms with van der Waals surface area (Å²) >= 11 is 0. The SMILES string of the molecule is CCN(CCC(=O)O)C(=O)c1cccc(-c2nn[nH]n2)c1. The van der Waals surface area contributed by atoms with Gasteiger partial charge < -0.3 is 10.0 Å². The molecule has 0 spiro atoms. The first-order valence-corrected chi connectivity index (χ1v) is 6.46. The van der Waals surface area contributed by atoms with Crippen LogP contribution in [0.3, 0.4) is 0 Å². The van der Waals surface area contributed by atoms with Crippen molar-refractivity contribution in [3.63, 3.8) is 0 Å². The highest BCUT2D eigenvalue weighted by atomic mass is 16.4. The Labute approximate surface area is 120 Å². The molecule has 0 saturated heterocycles. The molecule has 0 aliphatic heterocycles. The number of amides is 1. The summed E-state index contributed by atoms with van der Waals surface area (Å²) in [6.45, 7) is 2.43. The first-order chi connectivity index (χ1) is 10.1. The second-order valence-electron chi connectivity index (χ2n) is 4.34. The molecule has 0 unspecified atom stereocenters. The summed E-state index contributed by atoms with van der Waals surface area (Å²) in [5.41, 5.74) is 1.13. The van der Waals surface area contributed by atoms with Gasteiger partial charge in [-0.05, 0) is 24.3 Å². The van der Waals surface area contributed by atoms with Gasteiger partial charge in [0.05, 0.1) is 6.42 Å². The highest BCUT2D eigenvalue weighted by molar-refractivity contribution is 5.95. The van der Waals surface area contributed by atoms with E-state index in [0.29, 0.717) is 23.5 Å². The van der Waals surface area contributed by atoms with E-state index < -0.39 is 5.97 Å². The highest BCUT2D eigenvalue weighted by Gasteiger charge is 2.16. The molecule has 0 aliphatic carbocycles. The lowest BCUT2D eigenvalue weighted by molar-refractivity contribution is -0.137. The standard InChI is InChI=1S/C13H15N5O3/c1-2-18(7-6-11(19)20)13(21)10-5-3-4-9(8-10)12-14-16-17-15-12/h3-5,8H,2,6-7H2,1H3,(H,19,20)(H,14,15,16,17). The predicted molar refractivity (Wildman–Crippen MR) is 73.4 cm³/mol. The summed E-state index contributed by atoms with van der Waals surface area (Å²) in [6, 6.07) is 6.84. The topological polar surface area (TPSA) is 112 Å². The number of carboxylic acid groups (broad SMARTS) is 1. The van der Waals surface area contributed by atoms with E-state index >= 15 is 0 Å². The molecular weight excluding hydrogens is 274 g/mol. The Morgan fingerprint density at radius 3 is 2.81 bits per heavy atom. The number of H-pyrrole nitrogens is 1. The average molecular weight is 289 g/mol. The van der Waals surface area contributed by atoms with E-state index in [4.69, 9.17) is 5.11 Å². The number of carbonyl (C=O) groups excluding carboxylic acids is 1. The van der Waals surface area contributed by atoms with Gasteiger partial charge in [-0.2, -0.15) is 5.21 Å². The maximum absolute atomic E-state index is 12.4. The number of tetrazole rings is 1. The normalized spacial score (nSPS) is 10.3. The van der Waals surface area contributed by atoms with Gasteiger partial charge in [-0.1, -0.05) is 12.1 Å². The Bertz CT molecular complexity index is 626. The van der Waals surface area contributed by atoms with Crippen molar-refractivity contribution in [3.05, 3.63) is 29.8 Å². The molecule has 21 heavy (non-hydrogen) atoms. The van der Waals surface area contributed by atoms with Crippen molar-refractivity contribution in [2.24, 2.45) is 0 Å². The van der Waals surface area contributed by atoms with Crippen molar-refractivity contribution in [2.45, 2.75) is 13.3 Å². The van der Waals surface area contributed by atoms with Crippen molar-refractivity contribution < 1.29 is 14.7 Å². The van der Waals surface area contributed by atoms with Crippen molar-refractivity contribution in [3.8, 4) is 11.4 Å². The van der Waals surface area contributed by atoms with Gasteiger partial charge >= 0.3 is 5.97 Å². The number of hydrogen-bond donors (Lipinski definition) is 2. The van der Waals surface area contributed by atoms with E-state index in [0.717, 1.165) is 0 Å². The maximum atomic E-state index is 12.4. The van der Waals surface area contributed by atoms with Crippen molar-refractivity contribution >= 4 is 11.9 Å². The quantitative estimate of drug-likeness (QED) is 0.813. The first kappa shape index (κ1) is 14.6. The number of benzene rings is 1. The minimum Gasteiger partial charge on any atom is -0.481 e. The number of aromatic nitrogens is 4. The second kappa shape index (κ2) is 6.60. The van der Waals surface area contributed by atoms with E-state index in [1.54, 1.807) is 24.3 Å². The Morgan fingerprint density at radius 2 is 2.19 bits per heavy atom. The molecule has 2 rings (SSSR count). The third-order valence-electron chi connectivity index (χ3n) is 2.98. The molecule has 2 N–H and O–H groups in total. The van der Waals surface area contributed by atoms with Gasteiger partial charge in [-0.3, -0.25) is 9.59 Å². The van der Waals surface area contributed by atoms with Crippen LogP contribution in [0.5, 0.6) is 0 Å². The van der Waals surface area contributed by atoms with Crippen LogP contribution in [-0.2, 0) is 4.79 Å². The van der Waals surface area contributed by atoms with Gasteiger partial charge in [0.25, 0.3) is 5.91 Å². The smallest absolute Gasteiger partial charge is 0.305 e. The van der Waals surface area contributed by atoms with Crippen LogP contribution >= 0.6 is 0 Å². The van der Waals surface area contributed by atoms with Crippen LogP contribution in [0.4, 0.5) is 0 Å². The predicted octanol–water partition coefficient (Wildman–Crippen LogP) is 0.803. The van der Waals surface area contributed by atoms with Crippen LogP contribution in [0, 0.1) is 0 Å². The molecule has 1 aromatic carbocycles. The zero-order valence-electron chi connectivity index (χ0n) is 11.5. The molecule has 0 radical (unpaired) electrons. The number of aromatic amines is 1. The summed E-state index contributed by atoms with van der Waals surface area (Å²) in [4.78, 5) is 24.5. The number of nitrogens with one attached hydrogen (secondary N) is 1. The second-order valence-corrected chi connectivity index (χ2v) is 4.34. The van der Waals surface area contributed by atoms with E-state index in [-0.39, 0.29) is 18.9 Å². The molecule has 0 aliphatic rings. The lowest BCUT2D eigenvalue weighted by Gasteiger charge is -2.20. The number of rotatable bonds is 6. The maximum Gasteiger partial charge on any atom is 0.305 e. The Morgan fingerprint density at radius 1 is 1.38 bits per heavy atom. The lowest BCUT2D eigenvalue weighted by atomic mass is 10.1. The van der Waals surface area contributed by atoms with E-state index in [9.17, 15) is 9.59 Å². The Kier molecular flexibility index (Phi) is 4.60. The molecule has 0 saturated carbocycles. The largest absolute Gasteiger partial charge is 0.481 e. The average Bonchev–Trinajstić information content (AvgIpc) is 3.02. The number of carbonyl (C=O) groups is 2. The molecular formula is C13H15N5O3. The van der Waals surface area contributed by atoms with Crippen LogP contribution in [0.25, 0.3) is 11.4 Å². The number of carboxylic acids is 1. The number of aliphatic carboxylic acids is 1. The monoisotopic (exact) mass is 289 g/mol. The Hall–Kier alpha value is -2.77. The fourth-order valence-corrected chi connectivity index (χ4v) is 1.89. The third-order valence-corrected chi connectivity index (χ3v) is 2.98. The van der Waals surface area contributed by atoms with E-state index in [2.05, 4.69) is 20.6 Å². The molecule has 1 heterocycles. The first-order valence-electron chi connectivity index (χ1n) is 6.46. The van der Waals surface area contributed by atoms with Crippen molar-refractivity contribution in [1.29, 1.82) is 0 Å². The summed E-state index contributed by atoms with van der Waals surface area (Å²) in [5.74, 6) is -0.746. The molecule has 1 amide bonds. The van der Waals surface area contributed by atoms with Crippen molar-refractivity contribution in [1.82, 2.24) is 25.5 Å².